The van der Waals surface area contributed by atoms with Crippen molar-refractivity contribution in [2.24, 2.45) is 0 Å². The van der Waals surface area contributed by atoms with E-state index in [2.05, 4.69) is 49.5 Å². The van der Waals surface area contributed by atoms with Gasteiger partial charge in [0.1, 0.15) is 17.4 Å². The minimum Gasteiger partial charge on any atom is -0.349 e. The second-order valence-corrected chi connectivity index (χ2v) is 8.53. The topological polar surface area (TPSA) is 70.2 Å². The predicted molar refractivity (Wildman–Crippen MR) is 125 cm³/mol. The fraction of sp³-hybridized carbons (Fsp3) is 0.222. The van der Waals surface area contributed by atoms with E-state index in [0.29, 0.717) is 22.6 Å². The second-order valence-electron chi connectivity index (χ2n) is 8.53. The maximum Gasteiger partial charge on any atom is 0.251 e. The van der Waals surface area contributed by atoms with Crippen molar-refractivity contribution in [3.05, 3.63) is 83.2 Å². The summed E-state index contributed by atoms with van der Waals surface area (Å²) in [7, 11) is 0. The zero-order valence-corrected chi connectivity index (χ0v) is 18.2. The SMILES string of the molecule is Cc1ccc(-c2ccccc2-c2nc3cc(C(=O)NC4CCC4)ccn3c2C#N)c(C)c1. The quantitative estimate of drug-likeness (QED) is 0.478. The zero-order valence-electron chi connectivity index (χ0n) is 18.2. The fourth-order valence-corrected chi connectivity index (χ4v) is 4.34. The van der Waals surface area contributed by atoms with Crippen molar-refractivity contribution in [3.63, 3.8) is 0 Å². The molecule has 0 atom stereocenters. The lowest BCUT2D eigenvalue weighted by atomic mass is 9.93. The molecule has 2 aromatic carbocycles. The summed E-state index contributed by atoms with van der Waals surface area (Å²) in [6, 6.07) is 20.5. The molecule has 0 bridgehead atoms. The van der Waals surface area contributed by atoms with Gasteiger partial charge < -0.3 is 5.32 Å². The first-order valence-corrected chi connectivity index (χ1v) is 11.0. The summed E-state index contributed by atoms with van der Waals surface area (Å²) in [4.78, 5) is 17.4. The number of rotatable bonds is 4. The molecule has 0 unspecified atom stereocenters. The van der Waals surface area contributed by atoms with E-state index >= 15 is 0 Å². The van der Waals surface area contributed by atoms with E-state index in [1.165, 1.54) is 17.5 Å². The molecule has 0 aliphatic heterocycles. The van der Waals surface area contributed by atoms with Crippen molar-refractivity contribution in [1.82, 2.24) is 14.7 Å². The van der Waals surface area contributed by atoms with Gasteiger partial charge in [0.2, 0.25) is 0 Å². The van der Waals surface area contributed by atoms with Crippen LogP contribution in [0.4, 0.5) is 0 Å². The molecule has 1 fully saturated rings. The molecule has 1 N–H and O–H groups in total. The van der Waals surface area contributed by atoms with Gasteiger partial charge in [0.25, 0.3) is 5.91 Å². The number of aromatic nitrogens is 2. The number of nitrogens with zero attached hydrogens (tertiary/aromatic N) is 3. The van der Waals surface area contributed by atoms with Gasteiger partial charge in [-0.1, -0.05) is 48.0 Å². The summed E-state index contributed by atoms with van der Waals surface area (Å²) in [5.41, 5.74) is 7.68. The highest BCUT2D eigenvalue weighted by Crippen LogP contribution is 2.35. The average molecular weight is 421 g/mol. The summed E-state index contributed by atoms with van der Waals surface area (Å²) in [6.07, 6.45) is 5.00. The molecule has 0 saturated heterocycles. The fourth-order valence-electron chi connectivity index (χ4n) is 4.34. The van der Waals surface area contributed by atoms with E-state index in [-0.39, 0.29) is 11.9 Å². The number of benzene rings is 2. The predicted octanol–water partition coefficient (Wildman–Crippen LogP) is 5.44. The number of carbonyl (C=O) groups is 1. The summed E-state index contributed by atoms with van der Waals surface area (Å²) in [5.74, 6) is -0.0871. The van der Waals surface area contributed by atoms with Crippen LogP contribution in [0.3, 0.4) is 0 Å². The Labute approximate surface area is 187 Å². The van der Waals surface area contributed by atoms with E-state index in [1.807, 2.05) is 18.2 Å². The molecule has 4 aromatic rings. The molecule has 5 rings (SSSR count). The molecule has 5 heteroatoms. The molecule has 1 aliphatic carbocycles. The van der Waals surface area contributed by atoms with E-state index in [9.17, 15) is 10.1 Å². The van der Waals surface area contributed by atoms with Gasteiger partial charge in [-0.05, 0) is 61.9 Å². The Morgan fingerprint density at radius 2 is 1.84 bits per heavy atom. The third-order valence-electron chi connectivity index (χ3n) is 6.29. The van der Waals surface area contributed by atoms with Crippen molar-refractivity contribution < 1.29 is 4.79 Å². The van der Waals surface area contributed by atoms with Gasteiger partial charge in [-0.25, -0.2) is 4.98 Å². The first-order valence-electron chi connectivity index (χ1n) is 11.0. The van der Waals surface area contributed by atoms with E-state index < -0.39 is 0 Å². The number of imidazole rings is 1. The first kappa shape index (κ1) is 20.0. The molecule has 158 valence electrons. The highest BCUT2D eigenvalue weighted by molar-refractivity contribution is 5.95. The van der Waals surface area contributed by atoms with E-state index in [4.69, 9.17) is 4.98 Å². The minimum absolute atomic E-state index is 0.0871. The Kier molecular flexibility index (Phi) is 4.99. The number of carbonyl (C=O) groups excluding carboxylic acids is 1. The maximum atomic E-state index is 12.6. The van der Waals surface area contributed by atoms with Crippen LogP contribution in [0.15, 0.2) is 60.8 Å². The van der Waals surface area contributed by atoms with Crippen molar-refractivity contribution in [2.45, 2.75) is 39.2 Å². The Bertz CT molecular complexity index is 1390. The normalized spacial score (nSPS) is 13.5. The number of hydrogen-bond donors (Lipinski definition) is 1. The smallest absolute Gasteiger partial charge is 0.251 e. The third kappa shape index (κ3) is 3.44. The standard InChI is InChI=1S/C27H24N4O/c1-17-10-11-21(18(2)14-17)22-8-3-4-9-23(22)26-24(16-28)31-13-12-19(15-25(31)30-26)27(32)29-20-6-5-7-20/h3-4,8-15,20H,5-7H2,1-2H3,(H,29,32). The van der Waals surface area contributed by atoms with Crippen LogP contribution in [0.5, 0.6) is 0 Å². The highest BCUT2D eigenvalue weighted by Gasteiger charge is 2.22. The van der Waals surface area contributed by atoms with Crippen LogP contribution >= 0.6 is 0 Å². The lowest BCUT2D eigenvalue weighted by Crippen LogP contribution is -2.39. The monoisotopic (exact) mass is 420 g/mol. The molecular weight excluding hydrogens is 396 g/mol. The van der Waals surface area contributed by atoms with E-state index in [0.717, 1.165) is 29.5 Å². The van der Waals surface area contributed by atoms with Crippen LogP contribution in [0.2, 0.25) is 0 Å². The van der Waals surface area contributed by atoms with Crippen molar-refractivity contribution in [2.75, 3.05) is 0 Å². The lowest BCUT2D eigenvalue weighted by Gasteiger charge is -2.26. The number of amides is 1. The molecular formula is C27H24N4O. The molecule has 2 aromatic heterocycles. The number of aryl methyl sites for hydroxylation is 2. The Balaban J connectivity index is 1.62. The largest absolute Gasteiger partial charge is 0.349 e. The van der Waals surface area contributed by atoms with Gasteiger partial charge in [0.05, 0.1) is 0 Å². The molecule has 0 radical (unpaired) electrons. The van der Waals surface area contributed by atoms with Gasteiger partial charge in [0.15, 0.2) is 5.69 Å². The number of pyridine rings is 1. The number of nitriles is 1. The highest BCUT2D eigenvalue weighted by atomic mass is 16.1. The lowest BCUT2D eigenvalue weighted by molar-refractivity contribution is 0.0917. The average Bonchev–Trinajstić information content (AvgIpc) is 3.14. The third-order valence-corrected chi connectivity index (χ3v) is 6.29. The summed E-state index contributed by atoms with van der Waals surface area (Å²) in [6.45, 7) is 4.18. The Morgan fingerprint density at radius 3 is 2.53 bits per heavy atom. The van der Waals surface area contributed by atoms with Crippen molar-refractivity contribution >= 4 is 11.6 Å². The van der Waals surface area contributed by atoms with Gasteiger partial charge >= 0.3 is 0 Å². The van der Waals surface area contributed by atoms with Crippen LogP contribution in [-0.4, -0.2) is 21.3 Å². The van der Waals surface area contributed by atoms with Crippen LogP contribution in [0, 0.1) is 25.2 Å². The number of fused-ring (bicyclic) bond motifs is 1. The summed E-state index contributed by atoms with van der Waals surface area (Å²) < 4.78 is 1.76. The number of nitrogens with one attached hydrogen (secondary N) is 1. The van der Waals surface area contributed by atoms with Gasteiger partial charge in [0, 0.05) is 23.4 Å². The molecule has 0 spiro atoms. The van der Waals surface area contributed by atoms with Gasteiger partial charge in [-0.3, -0.25) is 9.20 Å². The first-order chi connectivity index (χ1) is 15.5. The molecule has 1 aliphatic rings. The Morgan fingerprint density at radius 1 is 1.06 bits per heavy atom. The molecule has 32 heavy (non-hydrogen) atoms. The van der Waals surface area contributed by atoms with Crippen LogP contribution in [0.25, 0.3) is 28.0 Å². The maximum absolute atomic E-state index is 12.6. The minimum atomic E-state index is -0.0871. The van der Waals surface area contributed by atoms with Crippen molar-refractivity contribution in [1.29, 1.82) is 5.26 Å². The van der Waals surface area contributed by atoms with Gasteiger partial charge in [-0.15, -0.1) is 0 Å². The number of hydrogen-bond acceptors (Lipinski definition) is 3. The summed E-state index contributed by atoms with van der Waals surface area (Å²) >= 11 is 0. The van der Waals surface area contributed by atoms with Crippen molar-refractivity contribution in [3.8, 4) is 28.5 Å². The Hall–Kier alpha value is -3.91. The van der Waals surface area contributed by atoms with Gasteiger partial charge in [-0.2, -0.15) is 5.26 Å². The zero-order chi connectivity index (χ0) is 22.2. The molecule has 1 amide bonds. The van der Waals surface area contributed by atoms with E-state index in [1.54, 1.807) is 22.7 Å². The summed E-state index contributed by atoms with van der Waals surface area (Å²) in [5, 5.41) is 13.0. The molecule has 1 saturated carbocycles. The van der Waals surface area contributed by atoms with Crippen LogP contribution < -0.4 is 5.32 Å². The second kappa shape index (κ2) is 7.97. The van der Waals surface area contributed by atoms with Crippen LogP contribution in [-0.2, 0) is 0 Å². The molecule has 5 nitrogen and oxygen atoms in total. The van der Waals surface area contributed by atoms with Crippen LogP contribution in [0.1, 0.15) is 46.4 Å². The molecule has 2 heterocycles.